The summed E-state index contributed by atoms with van der Waals surface area (Å²) in [6.07, 6.45) is 3.23. The highest BCUT2D eigenvalue weighted by molar-refractivity contribution is 7.92. The van der Waals surface area contributed by atoms with E-state index >= 15 is 0 Å². The molecule has 0 saturated heterocycles. The average Bonchev–Trinajstić information content (AvgIpc) is 3.05. The van der Waals surface area contributed by atoms with Gasteiger partial charge < -0.3 is 10.4 Å². The van der Waals surface area contributed by atoms with Crippen molar-refractivity contribution in [1.82, 2.24) is 10.3 Å². The third-order valence-corrected chi connectivity index (χ3v) is 6.94. The third-order valence-electron chi connectivity index (χ3n) is 5.36. The fraction of sp³-hybridized carbons (Fsp3) is 0.238. The second-order valence-corrected chi connectivity index (χ2v) is 9.88. The number of hydrogen-bond donors (Lipinski definition) is 2. The Kier molecular flexibility index (Phi) is 4.86. The maximum Gasteiger partial charge on any atom is 0.255 e. The lowest BCUT2D eigenvalue weighted by Gasteiger charge is -2.22. The molecule has 0 radical (unpaired) electrons. The minimum absolute atomic E-state index is 0.0681. The number of phenolic OH excluding ortho intramolecular Hbond substituents is 1. The first-order chi connectivity index (χ1) is 14.1. The van der Waals surface area contributed by atoms with Crippen LogP contribution < -0.4 is 9.62 Å². The van der Waals surface area contributed by atoms with E-state index in [4.69, 9.17) is 11.6 Å². The van der Waals surface area contributed by atoms with Gasteiger partial charge in [0, 0.05) is 35.8 Å². The molecule has 3 aromatic rings. The molecule has 0 unspecified atom stereocenters. The number of amides is 1. The number of phenols is 1. The molecule has 0 spiro atoms. The number of aryl methyl sites for hydroxylation is 1. The number of aromatic hydroxyl groups is 1. The van der Waals surface area contributed by atoms with Crippen molar-refractivity contribution < 1.29 is 18.3 Å². The molecular weight excluding hydrogens is 426 g/mol. The SMILES string of the molecule is Cc1ccc(Cc2cnc3c(O)c4c(c(N(C)S(C)(=O)=O)c3c2)CNC4=O)cc1Cl. The zero-order chi connectivity index (χ0) is 21.8. The molecule has 1 aliphatic heterocycles. The second-order valence-electron chi connectivity index (χ2n) is 7.46. The van der Waals surface area contributed by atoms with Gasteiger partial charge in [-0.2, -0.15) is 0 Å². The minimum Gasteiger partial charge on any atom is -0.505 e. The van der Waals surface area contributed by atoms with Gasteiger partial charge >= 0.3 is 0 Å². The van der Waals surface area contributed by atoms with E-state index in [0.717, 1.165) is 27.3 Å². The maximum atomic E-state index is 12.3. The van der Waals surface area contributed by atoms with Crippen molar-refractivity contribution in [3.8, 4) is 5.75 Å². The highest BCUT2D eigenvalue weighted by Gasteiger charge is 2.32. The fourth-order valence-electron chi connectivity index (χ4n) is 3.70. The van der Waals surface area contributed by atoms with Gasteiger partial charge in [-0.1, -0.05) is 23.7 Å². The van der Waals surface area contributed by atoms with Crippen molar-refractivity contribution in [2.75, 3.05) is 17.6 Å². The zero-order valence-electron chi connectivity index (χ0n) is 16.7. The van der Waals surface area contributed by atoms with Gasteiger partial charge in [0.1, 0.15) is 5.52 Å². The number of pyridine rings is 1. The zero-order valence-corrected chi connectivity index (χ0v) is 18.2. The van der Waals surface area contributed by atoms with Crippen molar-refractivity contribution in [1.29, 1.82) is 0 Å². The smallest absolute Gasteiger partial charge is 0.255 e. The van der Waals surface area contributed by atoms with Crippen LogP contribution in [0.2, 0.25) is 5.02 Å². The van der Waals surface area contributed by atoms with Crippen LogP contribution in [0.5, 0.6) is 5.75 Å². The number of sulfonamides is 1. The lowest BCUT2D eigenvalue weighted by molar-refractivity contribution is 0.0963. The molecule has 0 saturated carbocycles. The van der Waals surface area contributed by atoms with Crippen molar-refractivity contribution in [3.63, 3.8) is 0 Å². The third kappa shape index (κ3) is 3.36. The highest BCUT2D eigenvalue weighted by Crippen LogP contribution is 2.42. The lowest BCUT2D eigenvalue weighted by atomic mass is 9.98. The predicted octanol–water partition coefficient (Wildman–Crippen LogP) is 3.13. The first kappa shape index (κ1) is 20.4. The Morgan fingerprint density at radius 3 is 2.67 bits per heavy atom. The predicted molar refractivity (Wildman–Crippen MR) is 117 cm³/mol. The van der Waals surface area contributed by atoms with E-state index in [1.165, 1.54) is 7.05 Å². The van der Waals surface area contributed by atoms with Crippen LogP contribution in [0.3, 0.4) is 0 Å². The molecule has 2 heterocycles. The largest absolute Gasteiger partial charge is 0.505 e. The molecule has 0 bridgehead atoms. The number of halogens is 1. The number of rotatable bonds is 4. The molecule has 156 valence electrons. The summed E-state index contributed by atoms with van der Waals surface area (Å²) < 4.78 is 25.7. The summed E-state index contributed by atoms with van der Waals surface area (Å²) >= 11 is 6.23. The van der Waals surface area contributed by atoms with E-state index in [1.54, 1.807) is 12.3 Å². The Labute approximate surface area is 179 Å². The number of nitrogens with one attached hydrogen (secondary N) is 1. The van der Waals surface area contributed by atoms with Gasteiger partial charge in [0.2, 0.25) is 10.0 Å². The topological polar surface area (TPSA) is 99.6 Å². The summed E-state index contributed by atoms with van der Waals surface area (Å²) in [6.45, 7) is 2.06. The van der Waals surface area contributed by atoms with E-state index < -0.39 is 15.9 Å². The Hall–Kier alpha value is -2.84. The number of aromatic nitrogens is 1. The fourth-order valence-corrected chi connectivity index (χ4v) is 4.44. The average molecular weight is 446 g/mol. The van der Waals surface area contributed by atoms with E-state index in [1.807, 2.05) is 25.1 Å². The van der Waals surface area contributed by atoms with E-state index in [2.05, 4.69) is 10.3 Å². The van der Waals surface area contributed by atoms with E-state index in [-0.39, 0.29) is 23.4 Å². The molecule has 2 aromatic carbocycles. The van der Waals surface area contributed by atoms with Gasteiger partial charge in [0.25, 0.3) is 5.91 Å². The molecule has 2 N–H and O–H groups in total. The number of fused-ring (bicyclic) bond motifs is 2. The molecule has 1 aromatic heterocycles. The van der Waals surface area contributed by atoms with Crippen molar-refractivity contribution >= 4 is 44.1 Å². The highest BCUT2D eigenvalue weighted by atomic mass is 35.5. The Bertz CT molecular complexity index is 1320. The Morgan fingerprint density at radius 2 is 2.00 bits per heavy atom. The quantitative estimate of drug-likeness (QED) is 0.642. The number of benzene rings is 2. The normalized spacial score (nSPS) is 13.4. The summed E-state index contributed by atoms with van der Waals surface area (Å²) in [6, 6.07) is 7.59. The minimum atomic E-state index is -3.61. The lowest BCUT2D eigenvalue weighted by Crippen LogP contribution is -2.26. The van der Waals surface area contributed by atoms with Crippen LogP contribution >= 0.6 is 11.6 Å². The number of hydrogen-bond acceptors (Lipinski definition) is 5. The van der Waals surface area contributed by atoms with Crippen molar-refractivity contribution in [2.45, 2.75) is 19.9 Å². The molecule has 0 fully saturated rings. The molecule has 4 rings (SSSR count). The number of carbonyl (C=O) groups is 1. The van der Waals surface area contributed by atoms with Crippen LogP contribution in [-0.4, -0.2) is 37.7 Å². The van der Waals surface area contributed by atoms with Crippen molar-refractivity contribution in [3.05, 3.63) is 63.3 Å². The molecule has 7 nitrogen and oxygen atoms in total. The van der Waals surface area contributed by atoms with E-state index in [0.29, 0.717) is 28.1 Å². The van der Waals surface area contributed by atoms with Gasteiger partial charge in [-0.05, 0) is 42.2 Å². The van der Waals surface area contributed by atoms with Gasteiger partial charge in [-0.25, -0.2) is 8.42 Å². The first-order valence-corrected chi connectivity index (χ1v) is 11.4. The molecular formula is C21H20ClN3O4S. The molecule has 9 heteroatoms. The molecule has 0 aliphatic carbocycles. The Morgan fingerprint density at radius 1 is 1.27 bits per heavy atom. The molecule has 30 heavy (non-hydrogen) atoms. The number of anilines is 1. The van der Waals surface area contributed by atoms with Crippen LogP contribution in [-0.2, 0) is 23.0 Å². The standard InChI is InChI=1S/C21H20ClN3O4S/c1-11-4-5-12(8-16(11)22)6-13-7-14-18(23-9-13)20(26)17-15(10-24-21(17)27)19(14)25(2)30(3,28)29/h4-5,7-9,26H,6,10H2,1-3H3,(H,24,27). The second kappa shape index (κ2) is 7.14. The summed E-state index contributed by atoms with van der Waals surface area (Å²) in [7, 11) is -2.19. The summed E-state index contributed by atoms with van der Waals surface area (Å²) in [5.41, 5.74) is 3.81. The maximum absolute atomic E-state index is 12.3. The first-order valence-electron chi connectivity index (χ1n) is 9.21. The van der Waals surface area contributed by atoms with Crippen LogP contribution in [0.25, 0.3) is 10.9 Å². The van der Waals surface area contributed by atoms with Crippen molar-refractivity contribution in [2.24, 2.45) is 0 Å². The molecule has 1 aliphatic rings. The number of nitrogens with zero attached hydrogens (tertiary/aromatic N) is 2. The molecule has 0 atom stereocenters. The van der Waals surface area contributed by atoms with E-state index in [9.17, 15) is 18.3 Å². The van der Waals surface area contributed by atoms with Gasteiger partial charge in [-0.15, -0.1) is 0 Å². The number of carbonyl (C=O) groups excluding carboxylic acids is 1. The van der Waals surface area contributed by atoms with Crippen LogP contribution in [0.1, 0.15) is 32.6 Å². The van der Waals surface area contributed by atoms with Crippen LogP contribution in [0, 0.1) is 6.92 Å². The van der Waals surface area contributed by atoms with Gasteiger partial charge in [0.15, 0.2) is 5.75 Å². The summed E-state index contributed by atoms with van der Waals surface area (Å²) in [4.78, 5) is 16.6. The van der Waals surface area contributed by atoms with Crippen LogP contribution in [0.15, 0.2) is 30.5 Å². The summed E-state index contributed by atoms with van der Waals surface area (Å²) in [5, 5.41) is 14.5. The Balaban J connectivity index is 1.94. The van der Waals surface area contributed by atoms with Gasteiger partial charge in [-0.3, -0.25) is 14.1 Å². The van der Waals surface area contributed by atoms with Gasteiger partial charge in [0.05, 0.1) is 17.5 Å². The summed E-state index contributed by atoms with van der Waals surface area (Å²) in [5.74, 6) is -0.696. The molecule has 1 amide bonds. The van der Waals surface area contributed by atoms with Crippen LogP contribution in [0.4, 0.5) is 5.69 Å². The monoisotopic (exact) mass is 445 g/mol.